The van der Waals surface area contributed by atoms with Gasteiger partial charge in [-0.2, -0.15) is 0 Å². The molecule has 1 aliphatic carbocycles. The zero-order chi connectivity index (χ0) is 19.0. The van der Waals surface area contributed by atoms with E-state index in [0.717, 1.165) is 36.2 Å². The molecule has 144 valence electrons. The number of aromatic nitrogens is 2. The molecule has 1 aromatic carbocycles. The van der Waals surface area contributed by atoms with Crippen LogP contribution in [0.15, 0.2) is 24.3 Å². The van der Waals surface area contributed by atoms with Crippen molar-refractivity contribution in [2.45, 2.75) is 45.3 Å². The lowest BCUT2D eigenvalue weighted by Crippen LogP contribution is -2.48. The molecule has 0 spiro atoms. The first-order valence-corrected chi connectivity index (χ1v) is 9.74. The number of likely N-dealkylation sites (tertiary alicyclic amines) is 1. The predicted molar refractivity (Wildman–Crippen MR) is 101 cm³/mol. The van der Waals surface area contributed by atoms with E-state index in [0.29, 0.717) is 32.1 Å². The van der Waals surface area contributed by atoms with E-state index in [1.165, 1.54) is 0 Å². The van der Waals surface area contributed by atoms with Crippen LogP contribution < -0.4 is 5.32 Å². The average Bonchev–Trinajstić information content (AvgIpc) is 3.40. The highest BCUT2D eigenvalue weighted by Gasteiger charge is 2.37. The highest BCUT2D eigenvalue weighted by atomic mass is 16.4. The van der Waals surface area contributed by atoms with E-state index < -0.39 is 11.9 Å². The molecular weight excluding hydrogens is 344 g/mol. The molecule has 2 atom stereocenters. The highest BCUT2D eigenvalue weighted by molar-refractivity contribution is 5.81. The molecule has 4 rings (SSSR count). The Morgan fingerprint density at radius 2 is 1.96 bits per heavy atom. The van der Waals surface area contributed by atoms with Gasteiger partial charge in [0.15, 0.2) is 0 Å². The van der Waals surface area contributed by atoms with E-state index in [1.807, 2.05) is 18.2 Å². The Morgan fingerprint density at radius 3 is 2.67 bits per heavy atom. The summed E-state index contributed by atoms with van der Waals surface area (Å²) in [4.78, 5) is 31.0. The van der Waals surface area contributed by atoms with Crippen LogP contribution in [0.4, 0.5) is 0 Å². The lowest BCUT2D eigenvalue weighted by Gasteiger charge is -2.35. The standard InChI is InChI=1S/C20H26N4O3/c1-2-24-17-6-4-3-5-16(17)22-18(24)12-23-10-13(9-14(11-23)20(26)27)19(25)21-15-7-8-15/h3-6,13-15H,2,7-12H2,1H3,(H,21,25)(H,26,27)/t13-,14+/m1/s1. The second-order valence-corrected chi connectivity index (χ2v) is 7.71. The number of hydrogen-bond donors (Lipinski definition) is 2. The molecular formula is C20H26N4O3. The third-order valence-corrected chi connectivity index (χ3v) is 5.58. The number of hydrogen-bond acceptors (Lipinski definition) is 4. The molecule has 0 bridgehead atoms. The van der Waals surface area contributed by atoms with Crippen LogP contribution >= 0.6 is 0 Å². The van der Waals surface area contributed by atoms with Crippen molar-refractivity contribution in [1.29, 1.82) is 0 Å². The van der Waals surface area contributed by atoms with E-state index in [-0.39, 0.29) is 11.8 Å². The fourth-order valence-electron chi connectivity index (χ4n) is 4.03. The first-order valence-electron chi connectivity index (χ1n) is 9.74. The smallest absolute Gasteiger partial charge is 0.307 e. The topological polar surface area (TPSA) is 87.5 Å². The van der Waals surface area contributed by atoms with Gasteiger partial charge >= 0.3 is 5.97 Å². The number of carboxylic acids is 1. The number of imidazole rings is 1. The molecule has 1 amide bonds. The maximum absolute atomic E-state index is 12.5. The van der Waals surface area contributed by atoms with Crippen molar-refractivity contribution >= 4 is 22.9 Å². The van der Waals surface area contributed by atoms with E-state index in [9.17, 15) is 14.7 Å². The van der Waals surface area contributed by atoms with E-state index in [1.54, 1.807) is 0 Å². The van der Waals surface area contributed by atoms with Crippen molar-refractivity contribution < 1.29 is 14.7 Å². The normalized spacial score (nSPS) is 23.4. The number of amides is 1. The van der Waals surface area contributed by atoms with Crippen molar-refractivity contribution in [2.75, 3.05) is 13.1 Å². The van der Waals surface area contributed by atoms with Gasteiger partial charge < -0.3 is 15.0 Å². The number of para-hydroxylation sites is 2. The minimum absolute atomic E-state index is 0.00237. The Hall–Kier alpha value is -2.41. The number of carbonyl (C=O) groups is 2. The lowest BCUT2D eigenvalue weighted by atomic mass is 9.88. The van der Waals surface area contributed by atoms with Crippen LogP contribution in [-0.4, -0.2) is 50.6 Å². The molecule has 2 fully saturated rings. The molecule has 2 heterocycles. The van der Waals surface area contributed by atoms with Crippen molar-refractivity contribution in [1.82, 2.24) is 19.8 Å². The largest absolute Gasteiger partial charge is 0.481 e. The van der Waals surface area contributed by atoms with Crippen LogP contribution in [0.2, 0.25) is 0 Å². The first-order chi connectivity index (χ1) is 13.0. The van der Waals surface area contributed by atoms with Crippen molar-refractivity contribution in [2.24, 2.45) is 11.8 Å². The number of aliphatic carboxylic acids is 1. The third-order valence-electron chi connectivity index (χ3n) is 5.58. The second kappa shape index (κ2) is 7.31. The Morgan fingerprint density at radius 1 is 1.22 bits per heavy atom. The zero-order valence-electron chi connectivity index (χ0n) is 15.6. The first kappa shape index (κ1) is 18.0. The maximum atomic E-state index is 12.5. The van der Waals surface area contributed by atoms with Gasteiger partial charge in [-0.05, 0) is 38.3 Å². The number of aryl methyl sites for hydroxylation is 1. The average molecular weight is 370 g/mol. The predicted octanol–water partition coefficient (Wildman–Crippen LogP) is 1.86. The fraction of sp³-hybridized carbons (Fsp3) is 0.550. The molecule has 2 aliphatic rings. The SMILES string of the molecule is CCn1c(CN2C[C@@H](C(=O)O)C[C@@H](C(=O)NC3CC3)C2)nc2ccccc21. The summed E-state index contributed by atoms with van der Waals surface area (Å²) in [5, 5.41) is 12.6. The molecule has 0 radical (unpaired) electrons. The Balaban J connectivity index is 1.54. The van der Waals surface area contributed by atoms with E-state index >= 15 is 0 Å². The van der Waals surface area contributed by atoms with E-state index in [2.05, 4.69) is 27.8 Å². The van der Waals surface area contributed by atoms with E-state index in [4.69, 9.17) is 4.98 Å². The molecule has 1 saturated heterocycles. The van der Waals surface area contributed by atoms with Gasteiger partial charge in [0.2, 0.25) is 5.91 Å². The molecule has 1 aromatic heterocycles. The van der Waals surface area contributed by atoms with Gasteiger partial charge in [-0.15, -0.1) is 0 Å². The summed E-state index contributed by atoms with van der Waals surface area (Å²) in [6.07, 6.45) is 2.48. The summed E-state index contributed by atoms with van der Waals surface area (Å²) in [7, 11) is 0. The molecule has 0 unspecified atom stereocenters. The van der Waals surface area contributed by atoms with Crippen LogP contribution in [-0.2, 0) is 22.7 Å². The van der Waals surface area contributed by atoms with Crippen LogP contribution in [0.5, 0.6) is 0 Å². The summed E-state index contributed by atoms with van der Waals surface area (Å²) < 4.78 is 2.17. The van der Waals surface area contributed by atoms with Crippen LogP contribution in [0.1, 0.15) is 32.0 Å². The summed E-state index contributed by atoms with van der Waals surface area (Å²) in [6, 6.07) is 8.31. The molecule has 2 aromatic rings. The number of benzene rings is 1. The molecule has 7 heteroatoms. The number of piperidine rings is 1. The van der Waals surface area contributed by atoms with Crippen molar-refractivity contribution in [3.8, 4) is 0 Å². The second-order valence-electron chi connectivity index (χ2n) is 7.71. The minimum atomic E-state index is -0.826. The number of fused-ring (bicyclic) bond motifs is 1. The van der Waals surface area contributed by atoms with Gasteiger partial charge in [0.1, 0.15) is 5.82 Å². The molecule has 1 aliphatic heterocycles. The minimum Gasteiger partial charge on any atom is -0.481 e. The van der Waals surface area contributed by atoms with Gasteiger partial charge in [-0.3, -0.25) is 14.5 Å². The summed E-state index contributed by atoms with van der Waals surface area (Å²) in [6.45, 7) is 4.47. The number of nitrogens with one attached hydrogen (secondary N) is 1. The van der Waals surface area contributed by atoms with Crippen LogP contribution in [0.3, 0.4) is 0 Å². The van der Waals surface area contributed by atoms with Gasteiger partial charge in [0.05, 0.1) is 29.4 Å². The van der Waals surface area contributed by atoms with Crippen molar-refractivity contribution in [3.63, 3.8) is 0 Å². The number of carboxylic acid groups (broad SMARTS) is 1. The summed E-state index contributed by atoms with van der Waals surface area (Å²) in [5.74, 6) is -0.704. The summed E-state index contributed by atoms with van der Waals surface area (Å²) in [5.41, 5.74) is 2.04. The number of carbonyl (C=O) groups excluding carboxylic acids is 1. The molecule has 7 nitrogen and oxygen atoms in total. The summed E-state index contributed by atoms with van der Waals surface area (Å²) >= 11 is 0. The van der Waals surface area contributed by atoms with Crippen LogP contribution in [0.25, 0.3) is 11.0 Å². The van der Waals surface area contributed by atoms with Gasteiger partial charge in [-0.1, -0.05) is 12.1 Å². The Labute approximate surface area is 158 Å². The van der Waals surface area contributed by atoms with Crippen molar-refractivity contribution in [3.05, 3.63) is 30.1 Å². The number of rotatable bonds is 6. The van der Waals surface area contributed by atoms with Gasteiger partial charge in [-0.25, -0.2) is 4.98 Å². The zero-order valence-corrected chi connectivity index (χ0v) is 15.6. The van der Waals surface area contributed by atoms with Crippen LogP contribution in [0, 0.1) is 11.8 Å². The number of nitrogens with zero attached hydrogens (tertiary/aromatic N) is 3. The maximum Gasteiger partial charge on any atom is 0.307 e. The lowest BCUT2D eigenvalue weighted by molar-refractivity contribution is -0.145. The fourth-order valence-corrected chi connectivity index (χ4v) is 4.03. The third kappa shape index (κ3) is 3.83. The Kier molecular flexibility index (Phi) is 4.86. The quantitative estimate of drug-likeness (QED) is 0.810. The monoisotopic (exact) mass is 370 g/mol. The Bertz CT molecular complexity index is 858. The highest BCUT2D eigenvalue weighted by Crippen LogP contribution is 2.27. The molecule has 27 heavy (non-hydrogen) atoms. The molecule has 1 saturated carbocycles. The molecule has 2 N–H and O–H groups in total. The van der Waals surface area contributed by atoms with Gasteiger partial charge in [0, 0.05) is 25.7 Å². The van der Waals surface area contributed by atoms with Gasteiger partial charge in [0.25, 0.3) is 0 Å².